The van der Waals surface area contributed by atoms with Gasteiger partial charge in [0.1, 0.15) is 11.3 Å². The van der Waals surface area contributed by atoms with E-state index in [2.05, 4.69) is 0 Å². The standard InChI is InChI=1S/C24H22N2O5S/c1-29-16-8-9-18-15(11-22(27)31-21(18)12-16)14-32-24-25-20-7-3-2-6-19(20)23(28)26(24)13-17-5-4-10-30-17/h2-3,6-9,11-12,17H,4-5,10,13-14H2,1H3. The minimum Gasteiger partial charge on any atom is -0.497 e. The maximum absolute atomic E-state index is 13.3. The van der Waals surface area contributed by atoms with Gasteiger partial charge >= 0.3 is 5.63 Å². The molecule has 0 amide bonds. The Morgan fingerprint density at radius 3 is 2.84 bits per heavy atom. The summed E-state index contributed by atoms with van der Waals surface area (Å²) in [6, 6.07) is 14.3. The zero-order chi connectivity index (χ0) is 22.1. The molecule has 0 aliphatic carbocycles. The van der Waals surface area contributed by atoms with E-state index >= 15 is 0 Å². The van der Waals surface area contributed by atoms with Gasteiger partial charge in [-0.2, -0.15) is 0 Å². The first-order chi connectivity index (χ1) is 15.6. The van der Waals surface area contributed by atoms with Crippen molar-refractivity contribution in [2.75, 3.05) is 13.7 Å². The minimum absolute atomic E-state index is 0.00655. The molecular weight excluding hydrogens is 428 g/mol. The lowest BCUT2D eigenvalue weighted by atomic mass is 10.1. The van der Waals surface area contributed by atoms with Crippen molar-refractivity contribution >= 4 is 33.6 Å². The minimum atomic E-state index is -0.426. The predicted molar refractivity (Wildman–Crippen MR) is 124 cm³/mol. The second-order valence-corrected chi connectivity index (χ2v) is 8.65. The van der Waals surface area contributed by atoms with Crippen LogP contribution in [0.1, 0.15) is 18.4 Å². The smallest absolute Gasteiger partial charge is 0.336 e. The quantitative estimate of drug-likeness (QED) is 0.250. The topological polar surface area (TPSA) is 83.6 Å². The van der Waals surface area contributed by atoms with E-state index in [1.54, 1.807) is 23.8 Å². The summed E-state index contributed by atoms with van der Waals surface area (Å²) in [7, 11) is 1.57. The highest BCUT2D eigenvalue weighted by molar-refractivity contribution is 7.98. The van der Waals surface area contributed by atoms with Crippen molar-refractivity contribution in [3.63, 3.8) is 0 Å². The average molecular weight is 451 g/mol. The molecule has 3 heterocycles. The molecule has 4 aromatic rings. The first-order valence-corrected chi connectivity index (χ1v) is 11.5. The van der Waals surface area contributed by atoms with Crippen molar-refractivity contribution in [1.29, 1.82) is 0 Å². The molecule has 0 radical (unpaired) electrons. The van der Waals surface area contributed by atoms with Gasteiger partial charge in [0.05, 0.1) is 30.7 Å². The van der Waals surface area contributed by atoms with Crippen LogP contribution >= 0.6 is 11.8 Å². The molecular formula is C24H22N2O5S. The Morgan fingerprint density at radius 2 is 2.03 bits per heavy atom. The zero-order valence-electron chi connectivity index (χ0n) is 17.6. The molecule has 2 aromatic carbocycles. The fourth-order valence-electron chi connectivity index (χ4n) is 4.01. The Hall–Kier alpha value is -3.10. The second-order valence-electron chi connectivity index (χ2n) is 7.70. The van der Waals surface area contributed by atoms with Crippen LogP contribution in [-0.2, 0) is 17.0 Å². The van der Waals surface area contributed by atoms with Gasteiger partial charge in [0.25, 0.3) is 5.56 Å². The Balaban J connectivity index is 1.54. The molecule has 1 fully saturated rings. The molecule has 1 atom stereocenters. The molecule has 1 unspecified atom stereocenters. The highest BCUT2D eigenvalue weighted by atomic mass is 32.2. The molecule has 0 spiro atoms. The Labute approximate surface area is 188 Å². The third-order valence-electron chi connectivity index (χ3n) is 5.63. The maximum Gasteiger partial charge on any atom is 0.336 e. The molecule has 0 saturated carbocycles. The lowest BCUT2D eigenvalue weighted by Gasteiger charge is -2.16. The van der Waals surface area contributed by atoms with E-state index in [9.17, 15) is 9.59 Å². The molecule has 1 aliphatic heterocycles. The average Bonchev–Trinajstić information content (AvgIpc) is 3.32. The molecule has 0 bridgehead atoms. The summed E-state index contributed by atoms with van der Waals surface area (Å²) in [6.45, 7) is 1.19. The van der Waals surface area contributed by atoms with Crippen molar-refractivity contribution in [3.05, 3.63) is 74.9 Å². The maximum atomic E-state index is 13.3. The van der Waals surface area contributed by atoms with Gasteiger partial charge in [-0.15, -0.1) is 0 Å². The van der Waals surface area contributed by atoms with E-state index in [1.807, 2.05) is 30.3 Å². The molecule has 2 aromatic heterocycles. The number of para-hydroxylation sites is 1. The monoisotopic (exact) mass is 450 g/mol. The molecule has 1 aliphatic rings. The van der Waals surface area contributed by atoms with Gasteiger partial charge in [-0.3, -0.25) is 9.36 Å². The predicted octanol–water partition coefficient (Wildman–Crippen LogP) is 3.98. The number of hydrogen-bond acceptors (Lipinski definition) is 7. The molecule has 1 saturated heterocycles. The van der Waals surface area contributed by atoms with Crippen LogP contribution in [-0.4, -0.2) is 29.4 Å². The summed E-state index contributed by atoms with van der Waals surface area (Å²) >= 11 is 1.43. The molecule has 7 nitrogen and oxygen atoms in total. The van der Waals surface area contributed by atoms with Crippen molar-refractivity contribution in [2.24, 2.45) is 0 Å². The normalized spacial score (nSPS) is 16.1. The summed E-state index contributed by atoms with van der Waals surface area (Å²) in [6.07, 6.45) is 1.93. The van der Waals surface area contributed by atoms with E-state index < -0.39 is 5.63 Å². The fourth-order valence-corrected chi connectivity index (χ4v) is 5.01. The van der Waals surface area contributed by atoms with Gasteiger partial charge in [-0.05, 0) is 42.7 Å². The van der Waals surface area contributed by atoms with Crippen molar-refractivity contribution < 1.29 is 13.9 Å². The zero-order valence-corrected chi connectivity index (χ0v) is 18.4. The summed E-state index contributed by atoms with van der Waals surface area (Å²) < 4.78 is 18.1. The number of hydrogen-bond donors (Lipinski definition) is 0. The molecule has 8 heteroatoms. The summed E-state index contributed by atoms with van der Waals surface area (Å²) in [5.74, 6) is 1.08. The van der Waals surface area contributed by atoms with Gasteiger partial charge in [0, 0.05) is 29.9 Å². The summed E-state index contributed by atoms with van der Waals surface area (Å²) in [4.78, 5) is 30.2. The number of rotatable bonds is 6. The van der Waals surface area contributed by atoms with Crippen molar-refractivity contribution in [2.45, 2.75) is 36.4 Å². The van der Waals surface area contributed by atoms with Crippen LogP contribution in [0, 0.1) is 0 Å². The Morgan fingerprint density at radius 1 is 1.16 bits per heavy atom. The lowest BCUT2D eigenvalue weighted by molar-refractivity contribution is 0.0937. The number of methoxy groups -OCH3 is 1. The van der Waals surface area contributed by atoms with Gasteiger partial charge in [-0.25, -0.2) is 9.78 Å². The van der Waals surface area contributed by atoms with Gasteiger partial charge < -0.3 is 13.9 Å². The van der Waals surface area contributed by atoms with Gasteiger partial charge in [0.15, 0.2) is 5.16 Å². The number of aromatic nitrogens is 2. The first-order valence-electron chi connectivity index (χ1n) is 10.5. The first kappa shape index (κ1) is 20.8. The largest absolute Gasteiger partial charge is 0.497 e. The van der Waals surface area contributed by atoms with Crippen molar-refractivity contribution in [3.8, 4) is 5.75 Å². The number of benzene rings is 2. The van der Waals surface area contributed by atoms with Crippen LogP contribution in [0.3, 0.4) is 0 Å². The van der Waals surface area contributed by atoms with E-state index in [-0.39, 0.29) is 11.7 Å². The Kier molecular flexibility index (Phi) is 5.71. The summed E-state index contributed by atoms with van der Waals surface area (Å²) in [5.41, 5.74) is 1.44. The number of nitrogens with zero attached hydrogens (tertiary/aromatic N) is 2. The second kappa shape index (κ2) is 8.80. The van der Waals surface area contributed by atoms with Crippen LogP contribution in [0.4, 0.5) is 0 Å². The van der Waals surface area contributed by atoms with Gasteiger partial charge in [0.2, 0.25) is 0 Å². The Bertz CT molecular complexity index is 1410. The third kappa shape index (κ3) is 4.03. The van der Waals surface area contributed by atoms with Crippen LogP contribution in [0.5, 0.6) is 5.75 Å². The molecule has 5 rings (SSSR count). The molecule has 32 heavy (non-hydrogen) atoms. The lowest BCUT2D eigenvalue weighted by Crippen LogP contribution is -2.28. The van der Waals surface area contributed by atoms with E-state index in [0.29, 0.717) is 39.7 Å². The van der Waals surface area contributed by atoms with Crippen LogP contribution in [0.2, 0.25) is 0 Å². The molecule has 164 valence electrons. The van der Waals surface area contributed by atoms with Gasteiger partial charge in [-0.1, -0.05) is 23.9 Å². The SMILES string of the molecule is COc1ccc2c(CSc3nc4ccccc4c(=O)n3CC3CCCO3)cc(=O)oc2c1. The highest BCUT2D eigenvalue weighted by Gasteiger charge is 2.20. The number of fused-ring (bicyclic) bond motifs is 2. The van der Waals surface area contributed by atoms with Crippen LogP contribution < -0.4 is 15.9 Å². The third-order valence-corrected chi connectivity index (χ3v) is 6.66. The summed E-state index contributed by atoms with van der Waals surface area (Å²) in [5, 5.41) is 2.03. The fraction of sp³-hybridized carbons (Fsp3) is 0.292. The van der Waals surface area contributed by atoms with Crippen LogP contribution in [0.25, 0.3) is 21.9 Å². The van der Waals surface area contributed by atoms with E-state index in [4.69, 9.17) is 18.9 Å². The van der Waals surface area contributed by atoms with E-state index in [0.717, 1.165) is 30.4 Å². The van der Waals surface area contributed by atoms with Crippen molar-refractivity contribution in [1.82, 2.24) is 9.55 Å². The number of thioether (sulfide) groups is 1. The molecule has 0 N–H and O–H groups in total. The van der Waals surface area contributed by atoms with E-state index in [1.165, 1.54) is 17.8 Å². The highest BCUT2D eigenvalue weighted by Crippen LogP contribution is 2.28. The van der Waals surface area contributed by atoms with Crippen LogP contribution in [0.15, 0.2) is 67.7 Å². The number of ether oxygens (including phenoxy) is 2.